The molecule has 1 fully saturated rings. The van der Waals surface area contributed by atoms with E-state index >= 15 is 0 Å². The molecule has 1 aromatic rings. The number of fused-ring (bicyclic) bond motifs is 1. The number of sulfonamides is 1. The van der Waals surface area contributed by atoms with Gasteiger partial charge in [0.2, 0.25) is 10.0 Å². The van der Waals surface area contributed by atoms with Crippen LogP contribution in [0.4, 0.5) is 0 Å². The first-order chi connectivity index (χ1) is 11.4. The molecule has 2 atom stereocenters. The van der Waals surface area contributed by atoms with E-state index in [1.165, 1.54) is 18.4 Å². The third-order valence-electron chi connectivity index (χ3n) is 4.41. The quantitative estimate of drug-likeness (QED) is 0.707. The van der Waals surface area contributed by atoms with Crippen molar-refractivity contribution in [3.8, 4) is 0 Å². The molecule has 0 unspecified atom stereocenters. The Morgan fingerprint density at radius 2 is 2.17 bits per heavy atom. The van der Waals surface area contributed by atoms with Gasteiger partial charge in [-0.05, 0) is 0 Å². The molecule has 3 heterocycles. The Kier molecular flexibility index (Phi) is 4.90. The average Bonchev–Trinajstić information content (AvgIpc) is 3.13. The van der Waals surface area contributed by atoms with Crippen LogP contribution in [0.3, 0.4) is 0 Å². The van der Waals surface area contributed by atoms with E-state index in [9.17, 15) is 13.2 Å². The fourth-order valence-corrected chi connectivity index (χ4v) is 4.05. The van der Waals surface area contributed by atoms with Crippen LogP contribution in [-0.4, -0.2) is 74.5 Å². The highest BCUT2D eigenvalue weighted by Gasteiger charge is 2.35. The normalized spacial score (nSPS) is 24.1. The number of ether oxygens (including phenoxy) is 2. The van der Waals surface area contributed by atoms with Gasteiger partial charge in [-0.3, -0.25) is 9.89 Å². The minimum absolute atomic E-state index is 0.0628. The van der Waals surface area contributed by atoms with Gasteiger partial charge in [-0.1, -0.05) is 0 Å². The van der Waals surface area contributed by atoms with Gasteiger partial charge < -0.3 is 14.8 Å². The number of amides is 1. The summed E-state index contributed by atoms with van der Waals surface area (Å²) >= 11 is 0. The molecule has 2 aliphatic rings. The van der Waals surface area contributed by atoms with Crippen LogP contribution in [0.5, 0.6) is 0 Å². The predicted molar refractivity (Wildman–Crippen MR) is 85.0 cm³/mol. The summed E-state index contributed by atoms with van der Waals surface area (Å²) in [6.07, 6.45) is 0.700. The zero-order chi connectivity index (χ0) is 17.3. The molecule has 0 aliphatic carbocycles. The fraction of sp³-hybridized carbons (Fsp3) is 0.714. The second-order valence-electron chi connectivity index (χ2n) is 6.27. The number of nitrogens with one attached hydrogen (secondary N) is 2. The molecule has 10 heteroatoms. The molecule has 1 aromatic heterocycles. The van der Waals surface area contributed by atoms with Crippen molar-refractivity contribution in [3.63, 3.8) is 0 Å². The van der Waals surface area contributed by atoms with E-state index in [0.717, 1.165) is 11.3 Å². The largest absolute Gasteiger partial charge is 0.379 e. The lowest BCUT2D eigenvalue weighted by Gasteiger charge is -2.21. The van der Waals surface area contributed by atoms with Crippen LogP contribution in [0.1, 0.15) is 21.7 Å². The summed E-state index contributed by atoms with van der Waals surface area (Å²) in [5, 5.41) is 9.81. The monoisotopic (exact) mass is 358 g/mol. The minimum Gasteiger partial charge on any atom is -0.379 e. The number of rotatable bonds is 5. The molecule has 1 saturated heterocycles. The van der Waals surface area contributed by atoms with Crippen molar-refractivity contribution in [3.05, 3.63) is 17.0 Å². The number of carbonyl (C=O) groups is 1. The van der Waals surface area contributed by atoms with Gasteiger partial charge >= 0.3 is 0 Å². The fourth-order valence-electron chi connectivity index (χ4n) is 2.88. The van der Waals surface area contributed by atoms with E-state index in [2.05, 4.69) is 15.5 Å². The smallest absolute Gasteiger partial charge is 0.272 e. The van der Waals surface area contributed by atoms with Gasteiger partial charge in [-0.15, -0.1) is 0 Å². The minimum atomic E-state index is -3.36. The molecule has 0 saturated carbocycles. The summed E-state index contributed by atoms with van der Waals surface area (Å²) in [6, 6.07) is -0.357. The number of aromatic nitrogens is 2. The van der Waals surface area contributed by atoms with Gasteiger partial charge in [0, 0.05) is 37.7 Å². The highest BCUT2D eigenvalue weighted by molar-refractivity contribution is 7.89. The summed E-state index contributed by atoms with van der Waals surface area (Å²) in [7, 11) is -0.369. The van der Waals surface area contributed by atoms with E-state index in [1.807, 2.05) is 0 Å². The lowest BCUT2D eigenvalue weighted by molar-refractivity contribution is 0.0900. The summed E-state index contributed by atoms with van der Waals surface area (Å²) < 4.78 is 36.1. The van der Waals surface area contributed by atoms with E-state index in [0.29, 0.717) is 38.5 Å². The molecule has 3 rings (SSSR count). The van der Waals surface area contributed by atoms with Crippen LogP contribution < -0.4 is 5.32 Å². The molecule has 0 aromatic carbocycles. The second kappa shape index (κ2) is 6.79. The number of aromatic amines is 1. The summed E-state index contributed by atoms with van der Waals surface area (Å²) in [6.45, 7) is 1.56. The van der Waals surface area contributed by atoms with Gasteiger partial charge in [0.25, 0.3) is 5.91 Å². The van der Waals surface area contributed by atoms with E-state index in [4.69, 9.17) is 9.47 Å². The third kappa shape index (κ3) is 3.46. The van der Waals surface area contributed by atoms with Crippen LogP contribution in [0.15, 0.2) is 0 Å². The SMILES string of the molecule is CN(C)S(=O)(=O)C[C@@H]1COC[C@@H]1NC(=O)c1n[nH]c2c1COCC2. The molecule has 2 N–H and O–H groups in total. The second-order valence-corrected chi connectivity index (χ2v) is 8.50. The molecule has 134 valence electrons. The Labute approximate surface area is 140 Å². The molecular weight excluding hydrogens is 336 g/mol. The van der Waals surface area contributed by atoms with Crippen LogP contribution in [0, 0.1) is 5.92 Å². The van der Waals surface area contributed by atoms with E-state index in [1.54, 1.807) is 0 Å². The van der Waals surface area contributed by atoms with E-state index in [-0.39, 0.29) is 23.6 Å². The molecule has 0 spiro atoms. The number of carbonyl (C=O) groups excluding carboxylic acids is 1. The van der Waals surface area contributed by atoms with Crippen molar-refractivity contribution in [2.24, 2.45) is 5.92 Å². The highest BCUT2D eigenvalue weighted by atomic mass is 32.2. The van der Waals surface area contributed by atoms with Crippen LogP contribution in [-0.2, 0) is 32.5 Å². The first kappa shape index (κ1) is 17.3. The molecule has 9 nitrogen and oxygen atoms in total. The molecule has 2 aliphatic heterocycles. The zero-order valence-electron chi connectivity index (χ0n) is 13.7. The maximum atomic E-state index is 12.5. The van der Waals surface area contributed by atoms with Gasteiger partial charge in [0.1, 0.15) is 0 Å². The van der Waals surface area contributed by atoms with Crippen molar-refractivity contribution in [2.75, 3.05) is 39.7 Å². The van der Waals surface area contributed by atoms with Crippen molar-refractivity contribution in [2.45, 2.75) is 19.1 Å². The van der Waals surface area contributed by atoms with Gasteiger partial charge in [0.15, 0.2) is 5.69 Å². The first-order valence-electron chi connectivity index (χ1n) is 7.81. The molecule has 1 amide bonds. The van der Waals surface area contributed by atoms with Gasteiger partial charge in [0.05, 0.1) is 38.2 Å². The van der Waals surface area contributed by atoms with E-state index < -0.39 is 10.0 Å². The Morgan fingerprint density at radius 1 is 1.38 bits per heavy atom. The topological polar surface area (TPSA) is 114 Å². The highest BCUT2D eigenvalue weighted by Crippen LogP contribution is 2.20. The predicted octanol–water partition coefficient (Wildman–Crippen LogP) is -0.881. The maximum Gasteiger partial charge on any atom is 0.272 e. The molecule has 24 heavy (non-hydrogen) atoms. The van der Waals surface area contributed by atoms with Crippen molar-refractivity contribution < 1.29 is 22.7 Å². The Bertz CT molecular complexity index is 715. The lowest BCUT2D eigenvalue weighted by atomic mass is 10.1. The zero-order valence-corrected chi connectivity index (χ0v) is 14.6. The van der Waals surface area contributed by atoms with Gasteiger partial charge in [-0.2, -0.15) is 5.10 Å². The van der Waals surface area contributed by atoms with Crippen LogP contribution in [0.25, 0.3) is 0 Å². The van der Waals surface area contributed by atoms with Crippen LogP contribution in [0.2, 0.25) is 0 Å². The Morgan fingerprint density at radius 3 is 2.92 bits per heavy atom. The van der Waals surface area contributed by atoms with Gasteiger partial charge in [-0.25, -0.2) is 12.7 Å². The van der Waals surface area contributed by atoms with Crippen molar-refractivity contribution in [1.29, 1.82) is 0 Å². The van der Waals surface area contributed by atoms with Crippen LogP contribution >= 0.6 is 0 Å². The van der Waals surface area contributed by atoms with Crippen molar-refractivity contribution in [1.82, 2.24) is 19.8 Å². The summed E-state index contributed by atoms with van der Waals surface area (Å²) in [5.41, 5.74) is 2.00. The number of hydrogen-bond acceptors (Lipinski definition) is 6. The molecular formula is C14H22N4O5S. The number of H-pyrrole nitrogens is 1. The number of hydrogen-bond donors (Lipinski definition) is 2. The Balaban J connectivity index is 1.68. The summed E-state index contributed by atoms with van der Waals surface area (Å²) in [4.78, 5) is 12.5. The molecule has 0 radical (unpaired) electrons. The maximum absolute atomic E-state index is 12.5. The standard InChI is InChI=1S/C14H22N4O5S/c1-18(2)24(20,21)8-9-5-23-7-12(9)15-14(19)13-10-6-22-4-3-11(10)16-17-13/h9,12H,3-8H2,1-2H3,(H,15,19)(H,16,17)/t9-,12-/m0/s1. The lowest BCUT2D eigenvalue weighted by Crippen LogP contribution is -2.44. The third-order valence-corrected chi connectivity index (χ3v) is 6.37. The number of nitrogens with zero attached hydrogens (tertiary/aromatic N) is 2. The summed E-state index contributed by atoms with van der Waals surface area (Å²) in [5.74, 6) is -0.680. The average molecular weight is 358 g/mol. The molecule has 0 bridgehead atoms. The Hall–Kier alpha value is -1.49. The van der Waals surface area contributed by atoms with Crippen molar-refractivity contribution >= 4 is 15.9 Å². The first-order valence-corrected chi connectivity index (χ1v) is 9.42.